The normalized spacial score (nSPS) is 11.2. The van der Waals surface area contributed by atoms with E-state index in [4.69, 9.17) is 0 Å². The molecular formula is C24H31N3O. The van der Waals surface area contributed by atoms with E-state index in [1.807, 2.05) is 36.4 Å². The van der Waals surface area contributed by atoms with Crippen molar-refractivity contribution in [2.24, 2.45) is 0 Å². The van der Waals surface area contributed by atoms with Gasteiger partial charge < -0.3 is 5.11 Å². The lowest BCUT2D eigenvalue weighted by Gasteiger charge is -2.12. The van der Waals surface area contributed by atoms with Crippen LogP contribution < -0.4 is 0 Å². The molecule has 0 aliphatic heterocycles. The molecule has 0 aliphatic carbocycles. The molecule has 1 heterocycles. The van der Waals surface area contributed by atoms with Crippen molar-refractivity contribution in [1.29, 1.82) is 0 Å². The Kier molecular flexibility index (Phi) is 7.24. The number of hydrogen-bond acceptors (Lipinski definition) is 3. The lowest BCUT2D eigenvalue weighted by atomic mass is 10.00. The molecule has 0 radical (unpaired) electrons. The first-order valence-electron chi connectivity index (χ1n) is 10.5. The van der Waals surface area contributed by atoms with E-state index in [9.17, 15) is 5.11 Å². The van der Waals surface area contributed by atoms with E-state index in [1.165, 1.54) is 50.5 Å². The summed E-state index contributed by atoms with van der Waals surface area (Å²) in [6.07, 6.45) is 12.5. The molecule has 0 bridgehead atoms. The Morgan fingerprint density at radius 2 is 1.61 bits per heavy atom. The van der Waals surface area contributed by atoms with E-state index >= 15 is 0 Å². The molecule has 0 atom stereocenters. The van der Waals surface area contributed by atoms with Crippen molar-refractivity contribution < 1.29 is 5.11 Å². The van der Waals surface area contributed by atoms with E-state index in [0.29, 0.717) is 12.1 Å². The second kappa shape index (κ2) is 10.1. The zero-order chi connectivity index (χ0) is 19.8. The summed E-state index contributed by atoms with van der Waals surface area (Å²) >= 11 is 0. The van der Waals surface area contributed by atoms with E-state index in [-0.39, 0.29) is 5.75 Å². The number of allylic oxidation sites excluding steroid dienone is 1. The third-order valence-electron chi connectivity index (χ3n) is 5.16. The summed E-state index contributed by atoms with van der Waals surface area (Å²) in [5.74, 6) is 0.239. The van der Waals surface area contributed by atoms with Crippen molar-refractivity contribution in [3.05, 3.63) is 60.2 Å². The molecule has 1 aromatic heterocycles. The minimum Gasteiger partial charge on any atom is -0.505 e. The van der Waals surface area contributed by atoms with Gasteiger partial charge in [-0.25, -0.2) is 0 Å². The van der Waals surface area contributed by atoms with E-state index < -0.39 is 0 Å². The SMILES string of the molecule is C=CCc1cc(CCCCCCCCC)cc(-n2nc3ccccc3n2)c1O. The molecule has 0 aliphatic rings. The smallest absolute Gasteiger partial charge is 0.146 e. The minimum atomic E-state index is 0.239. The average Bonchev–Trinajstić information content (AvgIpc) is 3.13. The summed E-state index contributed by atoms with van der Waals surface area (Å²) in [5.41, 5.74) is 4.40. The third-order valence-corrected chi connectivity index (χ3v) is 5.16. The summed E-state index contributed by atoms with van der Waals surface area (Å²) < 4.78 is 0. The zero-order valence-corrected chi connectivity index (χ0v) is 16.9. The maximum Gasteiger partial charge on any atom is 0.146 e. The van der Waals surface area contributed by atoms with Crippen LogP contribution in [-0.2, 0) is 12.8 Å². The minimum absolute atomic E-state index is 0.239. The number of unbranched alkanes of at least 4 members (excludes halogenated alkanes) is 6. The predicted molar refractivity (Wildman–Crippen MR) is 116 cm³/mol. The van der Waals surface area contributed by atoms with Gasteiger partial charge in [0.1, 0.15) is 22.5 Å². The number of aryl methyl sites for hydroxylation is 1. The van der Waals surface area contributed by atoms with Crippen LogP contribution in [0.1, 0.15) is 63.0 Å². The molecule has 3 rings (SSSR count). The summed E-state index contributed by atoms with van der Waals surface area (Å²) in [4.78, 5) is 1.56. The van der Waals surface area contributed by atoms with Crippen molar-refractivity contribution in [3.63, 3.8) is 0 Å². The molecule has 4 nitrogen and oxygen atoms in total. The summed E-state index contributed by atoms with van der Waals surface area (Å²) in [5, 5.41) is 19.9. The highest BCUT2D eigenvalue weighted by Crippen LogP contribution is 2.29. The highest BCUT2D eigenvalue weighted by Gasteiger charge is 2.14. The number of nitrogens with zero attached hydrogens (tertiary/aromatic N) is 3. The molecule has 0 unspecified atom stereocenters. The van der Waals surface area contributed by atoms with Crippen molar-refractivity contribution in [2.75, 3.05) is 0 Å². The molecule has 0 amide bonds. The molecule has 1 N–H and O–H groups in total. The topological polar surface area (TPSA) is 50.9 Å². The number of phenolic OH excluding ortho intramolecular Hbond substituents is 1. The molecular weight excluding hydrogens is 346 g/mol. The standard InChI is InChI=1S/C24H31N3O/c1-3-5-6-7-8-9-10-14-19-17-20(13-4-2)24(28)23(18-19)27-25-21-15-11-12-16-22(21)26-27/h4,11-12,15-18,28H,2-3,5-10,13-14H2,1H3. The Morgan fingerprint density at radius 1 is 0.964 bits per heavy atom. The number of aromatic hydroxyl groups is 1. The molecule has 0 fully saturated rings. The maximum absolute atomic E-state index is 10.8. The van der Waals surface area contributed by atoms with Crippen molar-refractivity contribution in [3.8, 4) is 11.4 Å². The Morgan fingerprint density at radius 3 is 2.25 bits per heavy atom. The van der Waals surface area contributed by atoms with Crippen molar-refractivity contribution >= 4 is 11.0 Å². The van der Waals surface area contributed by atoms with Crippen LogP contribution in [0.3, 0.4) is 0 Å². The fourth-order valence-electron chi connectivity index (χ4n) is 3.60. The van der Waals surface area contributed by atoms with Gasteiger partial charge in [0.2, 0.25) is 0 Å². The zero-order valence-electron chi connectivity index (χ0n) is 16.9. The molecule has 2 aromatic carbocycles. The van der Waals surface area contributed by atoms with Gasteiger partial charge in [0.05, 0.1) is 0 Å². The lowest BCUT2D eigenvalue weighted by molar-refractivity contribution is 0.462. The first-order chi connectivity index (χ1) is 13.7. The number of rotatable bonds is 11. The number of hydrogen-bond donors (Lipinski definition) is 1. The second-order valence-electron chi connectivity index (χ2n) is 7.46. The van der Waals surface area contributed by atoms with E-state index in [1.54, 1.807) is 4.80 Å². The van der Waals surface area contributed by atoms with Gasteiger partial charge in [0.25, 0.3) is 0 Å². The molecule has 148 valence electrons. The van der Waals surface area contributed by atoms with Crippen LogP contribution in [0.5, 0.6) is 5.75 Å². The van der Waals surface area contributed by atoms with Crippen LogP contribution in [0, 0.1) is 0 Å². The van der Waals surface area contributed by atoms with Gasteiger partial charge in [-0.2, -0.15) is 0 Å². The number of benzene rings is 2. The molecule has 28 heavy (non-hydrogen) atoms. The van der Waals surface area contributed by atoms with Gasteiger partial charge in [-0.1, -0.05) is 69.7 Å². The van der Waals surface area contributed by atoms with Crippen LogP contribution in [0.2, 0.25) is 0 Å². The first-order valence-corrected chi connectivity index (χ1v) is 10.5. The molecule has 4 heteroatoms. The van der Waals surface area contributed by atoms with Crippen molar-refractivity contribution in [1.82, 2.24) is 15.0 Å². The first kappa shape index (κ1) is 20.1. The fourth-order valence-corrected chi connectivity index (χ4v) is 3.60. The second-order valence-corrected chi connectivity index (χ2v) is 7.46. The van der Waals surface area contributed by atoms with Gasteiger partial charge in [-0.15, -0.1) is 21.6 Å². The third kappa shape index (κ3) is 5.00. The van der Waals surface area contributed by atoms with Crippen molar-refractivity contribution in [2.45, 2.75) is 64.7 Å². The fraction of sp³-hybridized carbons (Fsp3) is 0.417. The van der Waals surface area contributed by atoms with Gasteiger partial charge >= 0.3 is 0 Å². The maximum atomic E-state index is 10.8. The van der Waals surface area contributed by atoms with Crippen LogP contribution in [0.4, 0.5) is 0 Å². The predicted octanol–water partition coefficient (Wildman–Crippen LogP) is 6.15. The van der Waals surface area contributed by atoms with Gasteiger partial charge in [-0.3, -0.25) is 0 Å². The van der Waals surface area contributed by atoms with Gasteiger partial charge in [0, 0.05) is 5.56 Å². The van der Waals surface area contributed by atoms with Crippen LogP contribution >= 0.6 is 0 Å². The van der Waals surface area contributed by atoms with Gasteiger partial charge in [-0.05, 0) is 43.0 Å². The van der Waals surface area contributed by atoms with E-state index in [0.717, 1.165) is 23.0 Å². The summed E-state index contributed by atoms with van der Waals surface area (Å²) in [6.45, 7) is 6.08. The highest BCUT2D eigenvalue weighted by atomic mass is 16.3. The Labute approximate surface area is 167 Å². The molecule has 3 aromatic rings. The summed E-state index contributed by atoms with van der Waals surface area (Å²) in [7, 11) is 0. The number of phenols is 1. The quantitative estimate of drug-likeness (QED) is 0.322. The number of aromatic nitrogens is 3. The van der Waals surface area contributed by atoms with Crippen LogP contribution in [0.15, 0.2) is 49.1 Å². The van der Waals surface area contributed by atoms with Crippen LogP contribution in [-0.4, -0.2) is 20.1 Å². The Bertz CT molecular complexity index is 880. The highest BCUT2D eigenvalue weighted by molar-refractivity contribution is 5.73. The Balaban J connectivity index is 1.76. The molecule has 0 saturated heterocycles. The monoisotopic (exact) mass is 377 g/mol. The largest absolute Gasteiger partial charge is 0.505 e. The average molecular weight is 378 g/mol. The van der Waals surface area contributed by atoms with E-state index in [2.05, 4.69) is 29.8 Å². The molecule has 0 spiro atoms. The molecule has 0 saturated carbocycles. The summed E-state index contributed by atoms with van der Waals surface area (Å²) in [6, 6.07) is 11.9. The van der Waals surface area contributed by atoms with Gasteiger partial charge in [0.15, 0.2) is 0 Å². The van der Waals surface area contributed by atoms with Crippen LogP contribution in [0.25, 0.3) is 16.7 Å². The Hall–Kier alpha value is -2.62. The number of fused-ring (bicyclic) bond motifs is 1. The lowest BCUT2D eigenvalue weighted by Crippen LogP contribution is -2.03.